The van der Waals surface area contributed by atoms with Crippen LogP contribution >= 0.6 is 0 Å². The predicted molar refractivity (Wildman–Crippen MR) is 65.8 cm³/mol. The summed E-state index contributed by atoms with van der Waals surface area (Å²) in [4.78, 5) is 25.3. The molecule has 17 heavy (non-hydrogen) atoms. The Labute approximate surface area is 103 Å². The van der Waals surface area contributed by atoms with Gasteiger partial charge >= 0.3 is 6.09 Å². The Bertz CT molecular complexity index is 341. The van der Waals surface area contributed by atoms with Crippen molar-refractivity contribution in [2.75, 3.05) is 6.54 Å². The normalized spacial score (nSPS) is 20.2. The fourth-order valence-electron chi connectivity index (χ4n) is 1.86. The molecule has 0 spiro atoms. The lowest BCUT2D eigenvalue weighted by atomic mass is 10.1. The van der Waals surface area contributed by atoms with E-state index < -0.39 is 11.7 Å². The number of ketones is 1. The number of Topliss-reactive ketones (excluding diaryl/α,β-unsaturated/α-hetero) is 1. The SMILES string of the molecule is C=C(C)C(=O)[C@@H]1CCCN1C(=O)OC(C)(C)C. The van der Waals surface area contributed by atoms with Crippen molar-refractivity contribution < 1.29 is 14.3 Å². The van der Waals surface area contributed by atoms with Crippen LogP contribution in [0.2, 0.25) is 0 Å². The number of amides is 1. The first-order chi connectivity index (χ1) is 7.72. The molecule has 96 valence electrons. The maximum absolute atomic E-state index is 11.9. The number of nitrogens with zero attached hydrogens (tertiary/aromatic N) is 1. The van der Waals surface area contributed by atoms with Crippen molar-refractivity contribution in [1.82, 2.24) is 4.90 Å². The molecule has 1 atom stereocenters. The Hall–Kier alpha value is -1.32. The quantitative estimate of drug-likeness (QED) is 0.696. The Morgan fingerprint density at radius 2 is 1.94 bits per heavy atom. The number of carbonyl (C=O) groups is 2. The summed E-state index contributed by atoms with van der Waals surface area (Å²) >= 11 is 0. The van der Waals surface area contributed by atoms with Gasteiger partial charge in [-0.05, 0) is 46.1 Å². The summed E-state index contributed by atoms with van der Waals surface area (Å²) < 4.78 is 5.29. The molecule has 1 saturated heterocycles. The smallest absolute Gasteiger partial charge is 0.410 e. The van der Waals surface area contributed by atoms with E-state index >= 15 is 0 Å². The fourth-order valence-corrected chi connectivity index (χ4v) is 1.86. The number of likely N-dealkylation sites (tertiary alicyclic amines) is 1. The van der Waals surface area contributed by atoms with Gasteiger partial charge in [-0.15, -0.1) is 0 Å². The molecule has 1 aliphatic rings. The van der Waals surface area contributed by atoms with Crippen LogP contribution < -0.4 is 0 Å². The summed E-state index contributed by atoms with van der Waals surface area (Å²) in [6.45, 7) is 11.3. The molecule has 0 aromatic heterocycles. The summed E-state index contributed by atoms with van der Waals surface area (Å²) in [7, 11) is 0. The van der Waals surface area contributed by atoms with Crippen molar-refractivity contribution in [2.45, 2.75) is 52.2 Å². The molecular weight excluding hydrogens is 218 g/mol. The van der Waals surface area contributed by atoms with E-state index in [1.807, 2.05) is 20.8 Å². The minimum absolute atomic E-state index is 0.0617. The Morgan fingerprint density at radius 3 is 2.41 bits per heavy atom. The first-order valence-electron chi connectivity index (χ1n) is 5.92. The van der Waals surface area contributed by atoms with Gasteiger partial charge in [0.15, 0.2) is 5.78 Å². The van der Waals surface area contributed by atoms with Gasteiger partial charge in [0.1, 0.15) is 5.60 Å². The third kappa shape index (κ3) is 3.58. The second-order valence-corrected chi connectivity index (χ2v) is 5.48. The molecule has 1 amide bonds. The van der Waals surface area contributed by atoms with Gasteiger partial charge in [0, 0.05) is 6.54 Å². The van der Waals surface area contributed by atoms with E-state index in [1.54, 1.807) is 6.92 Å². The second kappa shape index (κ2) is 4.90. The highest BCUT2D eigenvalue weighted by molar-refractivity contribution is 6.00. The summed E-state index contributed by atoms with van der Waals surface area (Å²) in [5.41, 5.74) is -0.0401. The van der Waals surface area contributed by atoms with Gasteiger partial charge in [0.2, 0.25) is 0 Å². The van der Waals surface area contributed by atoms with Crippen molar-refractivity contribution >= 4 is 11.9 Å². The van der Waals surface area contributed by atoms with Crippen LogP contribution in [-0.4, -0.2) is 35.0 Å². The standard InChI is InChI=1S/C13H21NO3/c1-9(2)11(15)10-7-6-8-14(10)12(16)17-13(3,4)5/h10H,1,6-8H2,2-5H3/t10-/m0/s1. The molecule has 1 aliphatic heterocycles. The molecule has 0 aromatic carbocycles. The molecule has 0 radical (unpaired) electrons. The van der Waals surface area contributed by atoms with E-state index in [0.29, 0.717) is 18.5 Å². The summed E-state index contributed by atoms with van der Waals surface area (Å²) in [5, 5.41) is 0. The Morgan fingerprint density at radius 1 is 1.35 bits per heavy atom. The van der Waals surface area contributed by atoms with E-state index in [9.17, 15) is 9.59 Å². The maximum atomic E-state index is 11.9. The van der Waals surface area contributed by atoms with Gasteiger partial charge in [0.25, 0.3) is 0 Å². The minimum Gasteiger partial charge on any atom is -0.444 e. The number of ether oxygens (including phenoxy) is 1. The lowest BCUT2D eigenvalue weighted by Gasteiger charge is -2.27. The van der Waals surface area contributed by atoms with Gasteiger partial charge in [-0.3, -0.25) is 9.69 Å². The zero-order valence-electron chi connectivity index (χ0n) is 11.1. The highest BCUT2D eigenvalue weighted by Gasteiger charge is 2.36. The van der Waals surface area contributed by atoms with Gasteiger partial charge in [0.05, 0.1) is 6.04 Å². The van der Waals surface area contributed by atoms with Crippen molar-refractivity contribution in [1.29, 1.82) is 0 Å². The summed E-state index contributed by atoms with van der Waals surface area (Å²) in [5.74, 6) is -0.0617. The lowest BCUT2D eigenvalue weighted by molar-refractivity contribution is -0.119. The first kappa shape index (κ1) is 13.7. The number of hydrogen-bond acceptors (Lipinski definition) is 3. The molecule has 0 aliphatic carbocycles. The van der Waals surface area contributed by atoms with Crippen molar-refractivity contribution in [3.63, 3.8) is 0 Å². The molecule has 0 aromatic rings. The molecule has 1 rings (SSSR count). The van der Waals surface area contributed by atoms with Crippen LogP contribution in [0.4, 0.5) is 4.79 Å². The Balaban J connectivity index is 2.73. The minimum atomic E-state index is -0.531. The third-order valence-electron chi connectivity index (χ3n) is 2.60. The Kier molecular flexibility index (Phi) is 3.96. The van der Waals surface area contributed by atoms with E-state index in [-0.39, 0.29) is 11.8 Å². The van der Waals surface area contributed by atoms with Gasteiger partial charge in [-0.25, -0.2) is 4.79 Å². The van der Waals surface area contributed by atoms with Crippen LogP contribution in [-0.2, 0) is 9.53 Å². The van der Waals surface area contributed by atoms with Crippen molar-refractivity contribution in [3.05, 3.63) is 12.2 Å². The maximum Gasteiger partial charge on any atom is 0.410 e. The van der Waals surface area contributed by atoms with Crippen LogP contribution in [0.1, 0.15) is 40.5 Å². The van der Waals surface area contributed by atoms with Crippen LogP contribution in [0.5, 0.6) is 0 Å². The number of hydrogen-bond donors (Lipinski definition) is 0. The topological polar surface area (TPSA) is 46.6 Å². The molecule has 4 nitrogen and oxygen atoms in total. The van der Waals surface area contributed by atoms with Crippen LogP contribution in [0.3, 0.4) is 0 Å². The van der Waals surface area contributed by atoms with Crippen LogP contribution in [0.15, 0.2) is 12.2 Å². The van der Waals surface area contributed by atoms with Gasteiger partial charge in [-0.1, -0.05) is 6.58 Å². The van der Waals surface area contributed by atoms with E-state index in [0.717, 1.165) is 6.42 Å². The van der Waals surface area contributed by atoms with Crippen LogP contribution in [0.25, 0.3) is 0 Å². The average Bonchev–Trinajstić information content (AvgIpc) is 2.61. The zero-order chi connectivity index (χ0) is 13.2. The first-order valence-corrected chi connectivity index (χ1v) is 5.92. The largest absolute Gasteiger partial charge is 0.444 e. The van der Waals surface area contributed by atoms with Crippen LogP contribution in [0, 0.1) is 0 Å². The fraction of sp³-hybridized carbons (Fsp3) is 0.692. The van der Waals surface area contributed by atoms with Crippen molar-refractivity contribution in [3.8, 4) is 0 Å². The molecular formula is C13H21NO3. The van der Waals surface area contributed by atoms with E-state index in [4.69, 9.17) is 4.74 Å². The second-order valence-electron chi connectivity index (χ2n) is 5.48. The molecule has 1 fully saturated rings. The van der Waals surface area contributed by atoms with Gasteiger partial charge in [-0.2, -0.15) is 0 Å². The molecule has 0 saturated carbocycles. The highest BCUT2D eigenvalue weighted by Crippen LogP contribution is 2.22. The third-order valence-corrected chi connectivity index (χ3v) is 2.60. The molecule has 1 heterocycles. The number of carbonyl (C=O) groups excluding carboxylic acids is 2. The molecule has 0 N–H and O–H groups in total. The average molecular weight is 239 g/mol. The molecule has 0 bridgehead atoms. The highest BCUT2D eigenvalue weighted by atomic mass is 16.6. The monoisotopic (exact) mass is 239 g/mol. The molecule has 0 unspecified atom stereocenters. The lowest BCUT2D eigenvalue weighted by Crippen LogP contribution is -2.43. The molecule has 4 heteroatoms. The van der Waals surface area contributed by atoms with E-state index in [1.165, 1.54) is 4.90 Å². The number of rotatable bonds is 2. The predicted octanol–water partition coefficient (Wildman–Crippen LogP) is 2.53. The zero-order valence-corrected chi connectivity index (χ0v) is 11.1. The van der Waals surface area contributed by atoms with E-state index in [2.05, 4.69) is 6.58 Å². The summed E-state index contributed by atoms with van der Waals surface area (Å²) in [6, 6.07) is -0.387. The van der Waals surface area contributed by atoms with Gasteiger partial charge < -0.3 is 4.74 Å². The van der Waals surface area contributed by atoms with Crippen molar-refractivity contribution in [2.24, 2.45) is 0 Å². The summed E-state index contributed by atoms with van der Waals surface area (Å²) in [6.07, 6.45) is 1.13.